The monoisotopic (exact) mass is 244 g/mol. The van der Waals surface area contributed by atoms with Gasteiger partial charge in [0.05, 0.1) is 5.56 Å². The van der Waals surface area contributed by atoms with Gasteiger partial charge in [0.2, 0.25) is 0 Å². The highest BCUT2D eigenvalue weighted by Gasteiger charge is 2.49. The van der Waals surface area contributed by atoms with Crippen LogP contribution < -0.4 is 0 Å². The summed E-state index contributed by atoms with van der Waals surface area (Å²) < 4.78 is 5.24. The van der Waals surface area contributed by atoms with Gasteiger partial charge in [0, 0.05) is 5.92 Å². The minimum Gasteiger partial charge on any atom is -0.507 e. The van der Waals surface area contributed by atoms with E-state index in [0.717, 1.165) is 17.8 Å². The molecule has 0 amide bonds. The van der Waals surface area contributed by atoms with Crippen molar-refractivity contribution in [3.63, 3.8) is 0 Å². The second-order valence-corrected chi connectivity index (χ2v) is 5.72. The largest absolute Gasteiger partial charge is 0.507 e. The predicted octanol–water partition coefficient (Wildman–Crippen LogP) is 3.26. The average molecular weight is 244 g/mol. The second kappa shape index (κ2) is 3.57. The van der Waals surface area contributed by atoms with E-state index in [1.165, 1.54) is 0 Å². The molecule has 1 N–H and O–H groups in total. The fourth-order valence-corrected chi connectivity index (χ4v) is 2.22. The van der Waals surface area contributed by atoms with Crippen molar-refractivity contribution in [2.24, 2.45) is 5.41 Å². The van der Waals surface area contributed by atoms with E-state index >= 15 is 0 Å². The maximum absolute atomic E-state index is 9.88. The van der Waals surface area contributed by atoms with E-state index in [-0.39, 0.29) is 11.2 Å². The van der Waals surface area contributed by atoms with E-state index < -0.39 is 0 Å². The van der Waals surface area contributed by atoms with Crippen LogP contribution in [-0.2, 0) is 0 Å². The van der Waals surface area contributed by atoms with Crippen LogP contribution >= 0.6 is 0 Å². The van der Waals surface area contributed by atoms with Gasteiger partial charge in [-0.05, 0) is 36.5 Å². The lowest BCUT2D eigenvalue weighted by atomic mass is 10.1. The number of rotatable bonds is 2. The number of aryl methyl sites for hydroxylation is 1. The molecule has 0 spiro atoms. The van der Waals surface area contributed by atoms with E-state index in [2.05, 4.69) is 24.0 Å². The molecule has 0 aliphatic heterocycles. The van der Waals surface area contributed by atoms with Crippen LogP contribution in [0.4, 0.5) is 0 Å². The van der Waals surface area contributed by atoms with Gasteiger partial charge in [-0.1, -0.05) is 25.1 Å². The molecular formula is C14H16N2O2. The van der Waals surface area contributed by atoms with Crippen LogP contribution in [0.1, 0.15) is 37.6 Å². The molecule has 1 saturated carbocycles. The van der Waals surface area contributed by atoms with Crippen molar-refractivity contribution in [1.29, 1.82) is 0 Å². The molecule has 1 aromatic heterocycles. The molecule has 4 heteroatoms. The zero-order valence-corrected chi connectivity index (χ0v) is 10.8. The number of phenols is 1. The van der Waals surface area contributed by atoms with Crippen molar-refractivity contribution in [2.75, 3.05) is 0 Å². The van der Waals surface area contributed by atoms with Crippen LogP contribution in [-0.4, -0.2) is 15.2 Å². The van der Waals surface area contributed by atoms with Gasteiger partial charge in [-0.15, -0.1) is 0 Å². The topological polar surface area (TPSA) is 59.2 Å². The Kier molecular flexibility index (Phi) is 2.24. The van der Waals surface area contributed by atoms with E-state index in [1.54, 1.807) is 12.1 Å². The Bertz CT molecular complexity index is 602. The Morgan fingerprint density at radius 1 is 1.39 bits per heavy atom. The molecule has 4 nitrogen and oxygen atoms in total. The molecule has 0 bridgehead atoms. The van der Waals surface area contributed by atoms with Gasteiger partial charge in [0.25, 0.3) is 5.89 Å². The molecule has 1 unspecified atom stereocenters. The Morgan fingerprint density at radius 2 is 2.11 bits per heavy atom. The maximum atomic E-state index is 9.88. The zero-order chi connectivity index (χ0) is 12.9. The first-order chi connectivity index (χ1) is 8.47. The summed E-state index contributed by atoms with van der Waals surface area (Å²) in [5.74, 6) is 1.70. The first-order valence-electron chi connectivity index (χ1n) is 6.11. The maximum Gasteiger partial charge on any atom is 0.261 e. The van der Waals surface area contributed by atoms with Crippen molar-refractivity contribution in [3.05, 3.63) is 29.6 Å². The zero-order valence-electron chi connectivity index (χ0n) is 10.8. The van der Waals surface area contributed by atoms with Crippen LogP contribution in [0.15, 0.2) is 22.7 Å². The first kappa shape index (κ1) is 11.3. The molecule has 1 aromatic carbocycles. The Morgan fingerprint density at radius 3 is 2.72 bits per heavy atom. The van der Waals surface area contributed by atoms with Crippen LogP contribution in [0.25, 0.3) is 11.5 Å². The van der Waals surface area contributed by atoms with Gasteiger partial charge in [-0.2, -0.15) is 4.98 Å². The molecule has 2 aromatic rings. The fourth-order valence-electron chi connectivity index (χ4n) is 2.22. The van der Waals surface area contributed by atoms with E-state index in [1.807, 2.05) is 13.0 Å². The molecule has 1 aliphatic rings. The minimum absolute atomic E-state index is 0.181. The summed E-state index contributed by atoms with van der Waals surface area (Å²) in [6, 6.07) is 5.42. The highest BCUT2D eigenvalue weighted by atomic mass is 16.5. The highest BCUT2D eigenvalue weighted by molar-refractivity contribution is 5.62. The average Bonchev–Trinajstić information content (AvgIpc) is 2.74. The summed E-state index contributed by atoms with van der Waals surface area (Å²) in [6.45, 7) is 6.31. The molecule has 1 fully saturated rings. The lowest BCUT2D eigenvalue weighted by Crippen LogP contribution is -1.91. The Balaban J connectivity index is 1.94. The van der Waals surface area contributed by atoms with Crippen LogP contribution in [0.3, 0.4) is 0 Å². The van der Waals surface area contributed by atoms with Crippen molar-refractivity contribution in [2.45, 2.75) is 33.1 Å². The van der Waals surface area contributed by atoms with Gasteiger partial charge >= 0.3 is 0 Å². The molecule has 1 atom stereocenters. The third kappa shape index (κ3) is 1.78. The summed E-state index contributed by atoms with van der Waals surface area (Å²) in [7, 11) is 0. The highest BCUT2D eigenvalue weighted by Crippen LogP contribution is 2.57. The number of hydrogen-bond acceptors (Lipinski definition) is 4. The summed E-state index contributed by atoms with van der Waals surface area (Å²) in [5.41, 5.74) is 1.87. The quantitative estimate of drug-likeness (QED) is 0.880. The standard InChI is InChI=1S/C14H16N2O2/c1-8-4-5-9(11(17)6-8)13-15-12(16-18-13)10-7-14(10,2)3/h4-6,10,17H,7H2,1-3H3. The molecule has 3 rings (SSSR count). The summed E-state index contributed by atoms with van der Waals surface area (Å²) in [4.78, 5) is 4.39. The van der Waals surface area contributed by atoms with Gasteiger partial charge in [0.15, 0.2) is 5.82 Å². The molecule has 0 saturated heterocycles. The van der Waals surface area contributed by atoms with Crippen LogP contribution in [0.5, 0.6) is 5.75 Å². The first-order valence-corrected chi connectivity index (χ1v) is 6.11. The molecule has 0 radical (unpaired) electrons. The number of nitrogens with zero attached hydrogens (tertiary/aromatic N) is 2. The van der Waals surface area contributed by atoms with Crippen molar-refractivity contribution >= 4 is 0 Å². The normalized spacial score (nSPS) is 20.9. The summed E-state index contributed by atoms with van der Waals surface area (Å²) >= 11 is 0. The second-order valence-electron chi connectivity index (χ2n) is 5.72. The third-order valence-corrected chi connectivity index (χ3v) is 3.65. The number of hydrogen-bond donors (Lipinski definition) is 1. The number of aromatic hydroxyl groups is 1. The lowest BCUT2D eigenvalue weighted by molar-refractivity contribution is 0.414. The number of aromatic nitrogens is 2. The fraction of sp³-hybridized carbons (Fsp3) is 0.429. The Labute approximate surface area is 106 Å². The molecular weight excluding hydrogens is 228 g/mol. The van der Waals surface area contributed by atoms with E-state index in [4.69, 9.17) is 4.52 Å². The van der Waals surface area contributed by atoms with E-state index in [9.17, 15) is 5.11 Å². The Hall–Kier alpha value is -1.84. The summed E-state index contributed by atoms with van der Waals surface area (Å²) in [5, 5.41) is 13.9. The molecule has 1 heterocycles. The minimum atomic E-state index is 0.181. The van der Waals surface area contributed by atoms with Gasteiger partial charge in [-0.25, -0.2) is 0 Å². The lowest BCUT2D eigenvalue weighted by Gasteiger charge is -2.00. The predicted molar refractivity (Wildman–Crippen MR) is 67.3 cm³/mol. The van der Waals surface area contributed by atoms with E-state index in [0.29, 0.717) is 17.4 Å². The summed E-state index contributed by atoms with van der Waals surface area (Å²) in [6.07, 6.45) is 1.09. The number of phenolic OH excluding ortho intramolecular Hbond substituents is 1. The van der Waals surface area contributed by atoms with Crippen molar-refractivity contribution in [1.82, 2.24) is 10.1 Å². The number of benzene rings is 1. The van der Waals surface area contributed by atoms with Crippen molar-refractivity contribution < 1.29 is 9.63 Å². The SMILES string of the molecule is Cc1ccc(-c2nc(C3CC3(C)C)no2)c(O)c1. The van der Waals surface area contributed by atoms with Crippen LogP contribution in [0.2, 0.25) is 0 Å². The van der Waals surface area contributed by atoms with Crippen LogP contribution in [0, 0.1) is 12.3 Å². The van der Waals surface area contributed by atoms with Gasteiger partial charge in [0.1, 0.15) is 5.75 Å². The molecule has 1 aliphatic carbocycles. The van der Waals surface area contributed by atoms with Crippen molar-refractivity contribution in [3.8, 4) is 17.2 Å². The molecule has 18 heavy (non-hydrogen) atoms. The third-order valence-electron chi connectivity index (χ3n) is 3.65. The smallest absolute Gasteiger partial charge is 0.261 e. The molecule has 94 valence electrons. The van der Waals surface area contributed by atoms with Gasteiger partial charge < -0.3 is 9.63 Å². The van der Waals surface area contributed by atoms with Gasteiger partial charge in [-0.3, -0.25) is 0 Å².